The Hall–Kier alpha value is -2.35. The number of nitrogens with zero attached hydrogens (tertiary/aromatic N) is 5. The molecule has 8 nitrogen and oxygen atoms in total. The molecule has 3 aromatic heterocycles. The summed E-state index contributed by atoms with van der Waals surface area (Å²) in [6, 6.07) is 0. The van der Waals surface area contributed by atoms with Crippen LogP contribution in [0.1, 0.15) is 6.92 Å². The first-order valence-electron chi connectivity index (χ1n) is 6.10. The van der Waals surface area contributed by atoms with Crippen molar-refractivity contribution in [3.05, 3.63) is 17.5 Å². The van der Waals surface area contributed by atoms with E-state index in [0.717, 1.165) is 12.2 Å². The van der Waals surface area contributed by atoms with Crippen LogP contribution in [0.15, 0.2) is 12.4 Å². The summed E-state index contributed by atoms with van der Waals surface area (Å²) in [5.41, 5.74) is 1.31. The molecule has 0 aliphatic carbocycles. The number of aryl methyl sites for hydroxylation is 1. The van der Waals surface area contributed by atoms with E-state index in [1.807, 2.05) is 17.8 Å². The van der Waals surface area contributed by atoms with Crippen LogP contribution < -0.4 is 10.6 Å². The molecule has 0 atom stereocenters. The highest BCUT2D eigenvalue weighted by atomic mass is 35.5. The van der Waals surface area contributed by atoms with Crippen LogP contribution >= 0.6 is 11.6 Å². The van der Waals surface area contributed by atoms with E-state index < -0.39 is 0 Å². The number of fused-ring (bicyclic) bond motifs is 1. The van der Waals surface area contributed by atoms with E-state index in [4.69, 9.17) is 11.6 Å². The molecule has 0 unspecified atom stereocenters. The van der Waals surface area contributed by atoms with Gasteiger partial charge in [-0.2, -0.15) is 20.2 Å². The van der Waals surface area contributed by atoms with Crippen molar-refractivity contribution in [1.82, 2.24) is 29.9 Å². The normalized spacial score (nSPS) is 10.9. The van der Waals surface area contributed by atoms with Gasteiger partial charge in [0.05, 0.1) is 11.9 Å². The lowest BCUT2D eigenvalue weighted by Crippen LogP contribution is -2.01. The van der Waals surface area contributed by atoms with E-state index in [2.05, 4.69) is 35.9 Å². The second kappa shape index (κ2) is 4.97. The van der Waals surface area contributed by atoms with Crippen LogP contribution in [0.3, 0.4) is 0 Å². The van der Waals surface area contributed by atoms with E-state index in [1.165, 1.54) is 0 Å². The van der Waals surface area contributed by atoms with Crippen molar-refractivity contribution in [3.63, 3.8) is 0 Å². The fourth-order valence-electron chi connectivity index (χ4n) is 1.86. The Balaban J connectivity index is 1.99. The standard InChI is InChI=1S/C11H13ClN8/c1-3-20-5-6(4-14-20)15-11-16-9(13-2)7-8(12)18-19-10(7)17-11/h4-5H,3H2,1-2H3,(H3,13,15,16,17,18,19). The second-order valence-corrected chi connectivity index (χ2v) is 4.47. The third kappa shape index (κ3) is 2.14. The zero-order chi connectivity index (χ0) is 14.1. The highest BCUT2D eigenvalue weighted by Gasteiger charge is 2.13. The molecule has 20 heavy (non-hydrogen) atoms. The maximum Gasteiger partial charge on any atom is 0.231 e. The van der Waals surface area contributed by atoms with E-state index >= 15 is 0 Å². The molecule has 0 amide bonds. The highest BCUT2D eigenvalue weighted by molar-refractivity contribution is 6.35. The van der Waals surface area contributed by atoms with Crippen molar-refractivity contribution in [2.24, 2.45) is 0 Å². The van der Waals surface area contributed by atoms with E-state index in [-0.39, 0.29) is 0 Å². The number of hydrogen-bond donors (Lipinski definition) is 3. The summed E-state index contributed by atoms with van der Waals surface area (Å²) in [6.45, 7) is 2.82. The van der Waals surface area contributed by atoms with Crippen LogP contribution in [0.25, 0.3) is 11.0 Å². The van der Waals surface area contributed by atoms with Gasteiger partial charge in [0, 0.05) is 19.8 Å². The number of H-pyrrole nitrogens is 1. The van der Waals surface area contributed by atoms with Crippen molar-refractivity contribution in [1.29, 1.82) is 0 Å². The number of aromatic amines is 1. The lowest BCUT2D eigenvalue weighted by molar-refractivity contribution is 0.660. The molecular weight excluding hydrogens is 280 g/mol. The van der Waals surface area contributed by atoms with Crippen LogP contribution in [0, 0.1) is 0 Å². The summed E-state index contributed by atoms with van der Waals surface area (Å²) in [4.78, 5) is 8.68. The molecule has 0 saturated heterocycles. The summed E-state index contributed by atoms with van der Waals surface area (Å²) < 4.78 is 1.81. The van der Waals surface area contributed by atoms with Gasteiger partial charge in [0.2, 0.25) is 5.95 Å². The molecule has 0 aliphatic rings. The van der Waals surface area contributed by atoms with Gasteiger partial charge in [0.25, 0.3) is 0 Å². The molecule has 0 saturated carbocycles. The van der Waals surface area contributed by atoms with E-state index in [9.17, 15) is 0 Å². The van der Waals surface area contributed by atoms with Crippen molar-refractivity contribution in [2.45, 2.75) is 13.5 Å². The molecule has 0 radical (unpaired) electrons. The van der Waals surface area contributed by atoms with Crippen LogP contribution in [0.5, 0.6) is 0 Å². The third-order valence-corrected chi connectivity index (χ3v) is 3.09. The highest BCUT2D eigenvalue weighted by Crippen LogP contribution is 2.27. The first-order valence-corrected chi connectivity index (χ1v) is 6.48. The first kappa shape index (κ1) is 12.7. The van der Waals surface area contributed by atoms with E-state index in [1.54, 1.807) is 13.2 Å². The Kier molecular flexibility index (Phi) is 3.15. The lowest BCUT2D eigenvalue weighted by atomic mass is 10.4. The zero-order valence-electron chi connectivity index (χ0n) is 11.0. The molecule has 0 aromatic carbocycles. The number of rotatable bonds is 4. The van der Waals surface area contributed by atoms with Gasteiger partial charge in [-0.15, -0.1) is 0 Å². The van der Waals surface area contributed by atoms with Gasteiger partial charge >= 0.3 is 0 Å². The summed E-state index contributed by atoms with van der Waals surface area (Å²) in [5.74, 6) is 1.04. The summed E-state index contributed by atoms with van der Waals surface area (Å²) in [7, 11) is 1.77. The summed E-state index contributed by atoms with van der Waals surface area (Å²) in [5, 5.41) is 18.1. The van der Waals surface area contributed by atoms with Crippen molar-refractivity contribution in [3.8, 4) is 0 Å². The first-order chi connectivity index (χ1) is 9.71. The maximum absolute atomic E-state index is 6.02. The molecule has 3 N–H and O–H groups in total. The minimum absolute atomic E-state index is 0.412. The van der Waals surface area contributed by atoms with Gasteiger partial charge in [-0.05, 0) is 6.92 Å². The monoisotopic (exact) mass is 292 g/mol. The van der Waals surface area contributed by atoms with Gasteiger partial charge in [0.15, 0.2) is 5.65 Å². The average molecular weight is 293 g/mol. The Morgan fingerprint density at radius 2 is 2.25 bits per heavy atom. The van der Waals surface area contributed by atoms with Gasteiger partial charge < -0.3 is 10.6 Å². The van der Waals surface area contributed by atoms with Crippen molar-refractivity contribution >= 4 is 40.1 Å². The van der Waals surface area contributed by atoms with Gasteiger partial charge in [-0.3, -0.25) is 9.78 Å². The predicted molar refractivity (Wildman–Crippen MR) is 77.4 cm³/mol. The third-order valence-electron chi connectivity index (χ3n) is 2.82. The topological polar surface area (TPSA) is 96.3 Å². The molecular formula is C11H13ClN8. The molecule has 3 aromatic rings. The zero-order valence-corrected chi connectivity index (χ0v) is 11.7. The van der Waals surface area contributed by atoms with Crippen LogP contribution in [-0.2, 0) is 6.54 Å². The number of anilines is 3. The summed E-state index contributed by atoms with van der Waals surface area (Å²) >= 11 is 6.02. The average Bonchev–Trinajstić information content (AvgIpc) is 3.05. The second-order valence-electron chi connectivity index (χ2n) is 4.09. The quantitative estimate of drug-likeness (QED) is 0.681. The SMILES string of the molecule is CCn1cc(Nc2nc(NC)c3c(Cl)[nH]nc3n2)cn1. The smallest absolute Gasteiger partial charge is 0.231 e. The molecule has 9 heteroatoms. The number of hydrogen-bond acceptors (Lipinski definition) is 6. The lowest BCUT2D eigenvalue weighted by Gasteiger charge is -2.05. The van der Waals surface area contributed by atoms with Crippen LogP contribution in [-0.4, -0.2) is 37.0 Å². The van der Waals surface area contributed by atoms with Crippen LogP contribution in [0.4, 0.5) is 17.5 Å². The molecule has 104 valence electrons. The predicted octanol–water partition coefficient (Wildman–Crippen LogP) is 2.01. The minimum atomic E-state index is 0.412. The number of nitrogens with one attached hydrogen (secondary N) is 3. The molecule has 3 heterocycles. The Labute approximate surface area is 119 Å². The van der Waals surface area contributed by atoms with Gasteiger partial charge in [-0.25, -0.2) is 0 Å². The molecule has 0 bridgehead atoms. The fourth-order valence-corrected chi connectivity index (χ4v) is 2.07. The van der Waals surface area contributed by atoms with Gasteiger partial charge in [-0.1, -0.05) is 11.6 Å². The Bertz CT molecular complexity index is 746. The molecule has 3 rings (SSSR count). The summed E-state index contributed by atoms with van der Waals surface area (Å²) in [6.07, 6.45) is 3.60. The fraction of sp³-hybridized carbons (Fsp3) is 0.273. The van der Waals surface area contributed by atoms with E-state index in [0.29, 0.717) is 28.0 Å². The maximum atomic E-state index is 6.02. The number of halogens is 1. The Morgan fingerprint density at radius 3 is 2.95 bits per heavy atom. The molecule has 0 spiro atoms. The van der Waals surface area contributed by atoms with Crippen LogP contribution in [0.2, 0.25) is 5.15 Å². The Morgan fingerprint density at radius 1 is 1.40 bits per heavy atom. The molecule has 0 fully saturated rings. The number of aromatic nitrogens is 6. The largest absolute Gasteiger partial charge is 0.372 e. The van der Waals surface area contributed by atoms with Crippen molar-refractivity contribution in [2.75, 3.05) is 17.7 Å². The molecule has 0 aliphatic heterocycles. The van der Waals surface area contributed by atoms with Crippen molar-refractivity contribution < 1.29 is 0 Å². The van der Waals surface area contributed by atoms with Gasteiger partial charge in [0.1, 0.15) is 16.4 Å². The minimum Gasteiger partial charge on any atom is -0.372 e.